The normalized spacial score (nSPS) is 12.9. The minimum atomic E-state index is 0.260. The lowest BCUT2D eigenvalue weighted by molar-refractivity contribution is 1.28. The zero-order valence-electron chi connectivity index (χ0n) is 20.3. The summed E-state index contributed by atoms with van der Waals surface area (Å²) in [6, 6.07) is 38.5. The van der Waals surface area contributed by atoms with Gasteiger partial charge in [0.1, 0.15) is 0 Å². The van der Waals surface area contributed by atoms with Gasteiger partial charge in [-0.15, -0.1) is 0 Å². The van der Waals surface area contributed by atoms with Crippen molar-refractivity contribution in [2.24, 2.45) is 0 Å². The predicted octanol–water partition coefficient (Wildman–Crippen LogP) is 6.56. The van der Waals surface area contributed by atoms with E-state index in [9.17, 15) is 0 Å². The Kier molecular flexibility index (Phi) is 4.35. The number of hydrogen-bond donors (Lipinski definition) is 0. The standard InChI is InChI=1S/C33H26BN/c1-21-9-13-26(14-10-21)35-31-16-12-23(3)18-30(31)34-29-17-22(2)11-15-27(29)28-19-25(20-32(35)33(28)34)24-7-5-4-6-8-24/h4-20H,1-3H3. The first-order valence-corrected chi connectivity index (χ1v) is 12.4. The molecule has 2 aliphatic rings. The van der Waals surface area contributed by atoms with Gasteiger partial charge < -0.3 is 4.90 Å². The molecule has 0 spiro atoms. The molecule has 0 atom stereocenters. The van der Waals surface area contributed by atoms with Gasteiger partial charge in [-0.1, -0.05) is 94.9 Å². The van der Waals surface area contributed by atoms with E-state index in [0.717, 1.165) is 0 Å². The van der Waals surface area contributed by atoms with Crippen LogP contribution in [-0.4, -0.2) is 6.71 Å². The van der Waals surface area contributed by atoms with E-state index in [1.807, 2.05) is 0 Å². The van der Waals surface area contributed by atoms with Crippen LogP contribution in [0.1, 0.15) is 16.7 Å². The number of aryl methyl sites for hydroxylation is 3. The third kappa shape index (κ3) is 3.03. The highest BCUT2D eigenvalue weighted by molar-refractivity contribution is 7.01. The summed E-state index contributed by atoms with van der Waals surface area (Å²) < 4.78 is 0. The summed E-state index contributed by atoms with van der Waals surface area (Å²) in [6.45, 7) is 6.83. The van der Waals surface area contributed by atoms with E-state index in [-0.39, 0.29) is 6.71 Å². The van der Waals surface area contributed by atoms with Crippen molar-refractivity contribution in [1.82, 2.24) is 0 Å². The highest BCUT2D eigenvalue weighted by atomic mass is 15.1. The largest absolute Gasteiger partial charge is 0.311 e. The molecule has 5 aromatic rings. The van der Waals surface area contributed by atoms with Crippen LogP contribution in [0.5, 0.6) is 0 Å². The molecule has 0 fully saturated rings. The molecule has 0 aromatic heterocycles. The number of fused-ring (bicyclic) bond motifs is 5. The topological polar surface area (TPSA) is 3.24 Å². The second-order valence-electron chi connectivity index (χ2n) is 10.1. The summed E-state index contributed by atoms with van der Waals surface area (Å²) in [5.74, 6) is 0. The van der Waals surface area contributed by atoms with E-state index in [1.54, 1.807) is 0 Å². The summed E-state index contributed by atoms with van der Waals surface area (Å²) in [6.07, 6.45) is 0. The zero-order valence-corrected chi connectivity index (χ0v) is 20.3. The van der Waals surface area contributed by atoms with Gasteiger partial charge in [-0.25, -0.2) is 0 Å². The average Bonchev–Trinajstić information content (AvgIpc) is 3.20. The molecule has 0 bridgehead atoms. The molecule has 0 amide bonds. The van der Waals surface area contributed by atoms with Crippen molar-refractivity contribution in [3.63, 3.8) is 0 Å². The smallest absolute Gasteiger partial charge is 0.248 e. The van der Waals surface area contributed by atoms with Crippen molar-refractivity contribution < 1.29 is 0 Å². The second-order valence-corrected chi connectivity index (χ2v) is 10.1. The van der Waals surface area contributed by atoms with Crippen molar-refractivity contribution in [3.05, 3.63) is 120 Å². The van der Waals surface area contributed by atoms with Crippen LogP contribution < -0.4 is 21.3 Å². The van der Waals surface area contributed by atoms with Crippen LogP contribution in [0, 0.1) is 20.8 Å². The van der Waals surface area contributed by atoms with E-state index in [2.05, 4.69) is 129 Å². The molecule has 166 valence electrons. The molecule has 0 saturated carbocycles. The molecule has 7 rings (SSSR count). The van der Waals surface area contributed by atoms with Crippen molar-refractivity contribution in [3.8, 4) is 22.3 Å². The van der Waals surface area contributed by atoms with Gasteiger partial charge in [-0.3, -0.25) is 0 Å². The lowest BCUT2D eigenvalue weighted by Gasteiger charge is -2.36. The molecule has 0 unspecified atom stereocenters. The first kappa shape index (κ1) is 20.3. The Morgan fingerprint density at radius 1 is 0.514 bits per heavy atom. The summed E-state index contributed by atoms with van der Waals surface area (Å²) in [5, 5.41) is 0. The highest BCUT2D eigenvalue weighted by Crippen LogP contribution is 2.42. The fourth-order valence-electron chi connectivity index (χ4n) is 6.00. The van der Waals surface area contributed by atoms with Crippen molar-refractivity contribution in [2.75, 3.05) is 4.90 Å². The summed E-state index contributed by atoms with van der Waals surface area (Å²) in [7, 11) is 0. The molecule has 0 saturated heterocycles. The fourth-order valence-corrected chi connectivity index (χ4v) is 6.00. The zero-order chi connectivity index (χ0) is 23.7. The van der Waals surface area contributed by atoms with E-state index in [0.29, 0.717) is 0 Å². The molecule has 2 heterocycles. The van der Waals surface area contributed by atoms with Crippen LogP contribution in [0.15, 0.2) is 103 Å². The second kappa shape index (κ2) is 7.48. The summed E-state index contributed by atoms with van der Waals surface area (Å²) >= 11 is 0. The maximum Gasteiger partial charge on any atom is 0.248 e. The van der Waals surface area contributed by atoms with Gasteiger partial charge in [0, 0.05) is 17.1 Å². The number of anilines is 3. The van der Waals surface area contributed by atoms with Crippen LogP contribution in [0.4, 0.5) is 17.1 Å². The fraction of sp³-hybridized carbons (Fsp3) is 0.0909. The van der Waals surface area contributed by atoms with Crippen LogP contribution >= 0.6 is 0 Å². The molecular weight excluding hydrogens is 421 g/mol. The summed E-state index contributed by atoms with van der Waals surface area (Å²) in [4.78, 5) is 2.48. The molecular formula is C33H26BN. The van der Waals surface area contributed by atoms with E-state index in [1.165, 1.54) is 72.4 Å². The molecule has 2 aliphatic heterocycles. The minimum absolute atomic E-state index is 0.260. The monoisotopic (exact) mass is 447 g/mol. The van der Waals surface area contributed by atoms with Gasteiger partial charge in [0.05, 0.1) is 0 Å². The predicted molar refractivity (Wildman–Crippen MR) is 151 cm³/mol. The molecule has 5 aromatic carbocycles. The number of nitrogens with zero attached hydrogens (tertiary/aromatic N) is 1. The number of hydrogen-bond acceptors (Lipinski definition) is 1. The first-order valence-electron chi connectivity index (χ1n) is 12.4. The van der Waals surface area contributed by atoms with Gasteiger partial charge in [0.2, 0.25) is 6.71 Å². The first-order chi connectivity index (χ1) is 17.1. The molecule has 2 heteroatoms. The lowest BCUT2D eigenvalue weighted by Crippen LogP contribution is -2.54. The van der Waals surface area contributed by atoms with Gasteiger partial charge in [0.25, 0.3) is 0 Å². The van der Waals surface area contributed by atoms with Crippen molar-refractivity contribution >= 4 is 40.2 Å². The SMILES string of the molecule is Cc1ccc(N2c3ccc(C)cc3B3c4cc(C)ccc4-c4cc(-c5ccccc5)cc2c43)cc1. The maximum absolute atomic E-state index is 2.48. The van der Waals surface area contributed by atoms with Crippen LogP contribution in [0.25, 0.3) is 22.3 Å². The molecule has 0 aliphatic carbocycles. The Hall–Kier alpha value is -4.04. The average molecular weight is 447 g/mol. The maximum atomic E-state index is 2.48. The Morgan fingerprint density at radius 2 is 1.20 bits per heavy atom. The Balaban J connectivity index is 1.60. The Labute approximate surface area is 207 Å². The Morgan fingerprint density at radius 3 is 1.97 bits per heavy atom. The molecule has 1 nitrogen and oxygen atoms in total. The van der Waals surface area contributed by atoms with Crippen molar-refractivity contribution in [1.29, 1.82) is 0 Å². The van der Waals surface area contributed by atoms with Gasteiger partial charge >= 0.3 is 0 Å². The molecule has 0 N–H and O–H groups in total. The third-order valence-electron chi connectivity index (χ3n) is 7.63. The Bertz CT molecular complexity index is 1620. The molecule has 0 radical (unpaired) electrons. The van der Waals surface area contributed by atoms with Crippen LogP contribution in [0.3, 0.4) is 0 Å². The molecule has 35 heavy (non-hydrogen) atoms. The van der Waals surface area contributed by atoms with E-state index >= 15 is 0 Å². The van der Waals surface area contributed by atoms with Crippen molar-refractivity contribution in [2.45, 2.75) is 20.8 Å². The van der Waals surface area contributed by atoms with E-state index < -0.39 is 0 Å². The van der Waals surface area contributed by atoms with Crippen LogP contribution in [-0.2, 0) is 0 Å². The van der Waals surface area contributed by atoms with Gasteiger partial charge in [-0.2, -0.15) is 0 Å². The van der Waals surface area contributed by atoms with Gasteiger partial charge in [-0.05, 0) is 84.3 Å². The number of benzene rings is 5. The number of rotatable bonds is 2. The third-order valence-corrected chi connectivity index (χ3v) is 7.63. The quantitative estimate of drug-likeness (QED) is 0.272. The van der Waals surface area contributed by atoms with E-state index in [4.69, 9.17) is 0 Å². The lowest BCUT2D eigenvalue weighted by atomic mass is 9.37. The minimum Gasteiger partial charge on any atom is -0.311 e. The van der Waals surface area contributed by atoms with Crippen LogP contribution in [0.2, 0.25) is 0 Å². The van der Waals surface area contributed by atoms with Gasteiger partial charge in [0.15, 0.2) is 0 Å². The summed E-state index contributed by atoms with van der Waals surface area (Å²) in [5.41, 5.74) is 17.2. The highest BCUT2D eigenvalue weighted by Gasteiger charge is 2.42.